The molecular formula is C22H31NO. The Balaban J connectivity index is 1.69. The fourth-order valence-electron chi connectivity index (χ4n) is 2.66. The Labute approximate surface area is 147 Å². The minimum absolute atomic E-state index is 0.824. The van der Waals surface area contributed by atoms with Gasteiger partial charge >= 0.3 is 0 Å². The van der Waals surface area contributed by atoms with Gasteiger partial charge in [-0.25, -0.2) is 0 Å². The van der Waals surface area contributed by atoms with Gasteiger partial charge in [0.1, 0.15) is 5.75 Å². The van der Waals surface area contributed by atoms with Crippen LogP contribution in [-0.2, 0) is 13.0 Å². The predicted molar refractivity (Wildman–Crippen MR) is 104 cm³/mol. The van der Waals surface area contributed by atoms with Gasteiger partial charge in [0.15, 0.2) is 0 Å². The average Bonchev–Trinajstić information content (AvgIpc) is 2.64. The molecule has 2 nitrogen and oxygen atoms in total. The van der Waals surface area contributed by atoms with Crippen LogP contribution in [0.25, 0.3) is 0 Å². The van der Waals surface area contributed by atoms with E-state index in [1.807, 2.05) is 0 Å². The van der Waals surface area contributed by atoms with Crippen molar-refractivity contribution in [1.29, 1.82) is 0 Å². The molecule has 2 aromatic rings. The third-order valence-electron chi connectivity index (χ3n) is 4.30. The van der Waals surface area contributed by atoms with E-state index in [2.05, 4.69) is 67.7 Å². The number of benzene rings is 2. The van der Waals surface area contributed by atoms with Crippen molar-refractivity contribution in [3.8, 4) is 5.75 Å². The smallest absolute Gasteiger partial charge is 0.119 e. The van der Waals surface area contributed by atoms with Gasteiger partial charge in [0, 0.05) is 12.2 Å². The van der Waals surface area contributed by atoms with E-state index in [9.17, 15) is 0 Å². The Bertz CT molecular complexity index is 560. The highest BCUT2D eigenvalue weighted by Crippen LogP contribution is 2.15. The maximum atomic E-state index is 5.81. The minimum Gasteiger partial charge on any atom is -0.494 e. The molecule has 0 aliphatic heterocycles. The minimum atomic E-state index is 0.824. The maximum Gasteiger partial charge on any atom is 0.119 e. The molecule has 0 amide bonds. The molecule has 0 fully saturated rings. The van der Waals surface area contributed by atoms with Crippen LogP contribution in [0.4, 0.5) is 5.69 Å². The zero-order chi connectivity index (χ0) is 17.0. The van der Waals surface area contributed by atoms with Crippen LogP contribution in [0.1, 0.15) is 57.1 Å². The summed E-state index contributed by atoms with van der Waals surface area (Å²) in [5.41, 5.74) is 3.81. The van der Waals surface area contributed by atoms with Crippen LogP contribution in [0.5, 0.6) is 5.75 Å². The monoisotopic (exact) mass is 325 g/mol. The van der Waals surface area contributed by atoms with E-state index >= 15 is 0 Å². The van der Waals surface area contributed by atoms with Gasteiger partial charge < -0.3 is 10.1 Å². The molecule has 2 aromatic carbocycles. The Hall–Kier alpha value is -1.96. The number of hydrogen-bond acceptors (Lipinski definition) is 2. The molecule has 2 heteroatoms. The Morgan fingerprint density at radius 1 is 0.750 bits per heavy atom. The molecule has 0 aliphatic carbocycles. The summed E-state index contributed by atoms with van der Waals surface area (Å²) in [5.74, 6) is 0.974. The summed E-state index contributed by atoms with van der Waals surface area (Å²) < 4.78 is 5.81. The van der Waals surface area contributed by atoms with Gasteiger partial charge in [-0.15, -0.1) is 0 Å². The number of hydrogen-bond donors (Lipinski definition) is 1. The molecule has 130 valence electrons. The van der Waals surface area contributed by atoms with Crippen molar-refractivity contribution in [3.63, 3.8) is 0 Å². The van der Waals surface area contributed by atoms with Gasteiger partial charge in [-0.1, -0.05) is 63.8 Å². The van der Waals surface area contributed by atoms with Crippen molar-refractivity contribution in [2.24, 2.45) is 0 Å². The second-order valence-corrected chi connectivity index (χ2v) is 6.31. The number of anilines is 1. The van der Waals surface area contributed by atoms with Gasteiger partial charge in [0.25, 0.3) is 0 Å². The van der Waals surface area contributed by atoms with Gasteiger partial charge in [-0.3, -0.25) is 0 Å². The third kappa shape index (κ3) is 6.66. The Kier molecular flexibility index (Phi) is 8.23. The van der Waals surface area contributed by atoms with E-state index in [0.29, 0.717) is 0 Å². The molecule has 0 saturated heterocycles. The molecule has 0 unspecified atom stereocenters. The molecule has 0 saturated carbocycles. The lowest BCUT2D eigenvalue weighted by atomic mass is 10.1. The van der Waals surface area contributed by atoms with E-state index in [1.54, 1.807) is 0 Å². The lowest BCUT2D eigenvalue weighted by Gasteiger charge is -2.09. The van der Waals surface area contributed by atoms with E-state index in [-0.39, 0.29) is 0 Å². The Morgan fingerprint density at radius 3 is 2.08 bits per heavy atom. The van der Waals surface area contributed by atoms with Crippen LogP contribution < -0.4 is 10.1 Å². The number of aryl methyl sites for hydroxylation is 1. The topological polar surface area (TPSA) is 21.3 Å². The summed E-state index contributed by atoms with van der Waals surface area (Å²) in [5, 5.41) is 3.46. The van der Waals surface area contributed by atoms with Crippen LogP contribution in [0.3, 0.4) is 0 Å². The van der Waals surface area contributed by atoms with Crippen molar-refractivity contribution in [2.45, 2.75) is 58.9 Å². The second kappa shape index (κ2) is 10.7. The van der Waals surface area contributed by atoms with E-state index in [4.69, 9.17) is 4.74 Å². The standard InChI is InChI=1S/C22H31NO/c1-3-5-6-7-8-17-24-22-15-11-20(12-16-22)18-23-21-13-9-19(4-2)10-14-21/h9-16,23H,3-8,17-18H2,1-2H3. The van der Waals surface area contributed by atoms with Gasteiger partial charge in [0.05, 0.1) is 6.61 Å². The lowest BCUT2D eigenvalue weighted by molar-refractivity contribution is 0.304. The van der Waals surface area contributed by atoms with Gasteiger partial charge in [-0.2, -0.15) is 0 Å². The molecule has 0 spiro atoms. The number of nitrogens with one attached hydrogen (secondary N) is 1. The number of rotatable bonds is 11. The summed E-state index contributed by atoms with van der Waals surface area (Å²) in [6.07, 6.45) is 7.45. The van der Waals surface area contributed by atoms with E-state index in [0.717, 1.165) is 31.7 Å². The zero-order valence-corrected chi connectivity index (χ0v) is 15.2. The highest BCUT2D eigenvalue weighted by atomic mass is 16.5. The lowest BCUT2D eigenvalue weighted by Crippen LogP contribution is -2.00. The van der Waals surface area contributed by atoms with Gasteiger partial charge in [0.2, 0.25) is 0 Å². The van der Waals surface area contributed by atoms with Gasteiger partial charge in [-0.05, 0) is 48.2 Å². The first-order valence-corrected chi connectivity index (χ1v) is 9.36. The molecule has 0 aliphatic rings. The third-order valence-corrected chi connectivity index (χ3v) is 4.30. The normalized spacial score (nSPS) is 10.6. The average molecular weight is 325 g/mol. The van der Waals surface area contributed by atoms with E-state index < -0.39 is 0 Å². The van der Waals surface area contributed by atoms with Crippen molar-refractivity contribution >= 4 is 5.69 Å². The Morgan fingerprint density at radius 2 is 1.42 bits per heavy atom. The van der Waals surface area contributed by atoms with Crippen LogP contribution >= 0.6 is 0 Å². The fraction of sp³-hybridized carbons (Fsp3) is 0.455. The summed E-state index contributed by atoms with van der Waals surface area (Å²) in [7, 11) is 0. The molecule has 2 rings (SSSR count). The molecular weight excluding hydrogens is 294 g/mol. The van der Waals surface area contributed by atoms with Crippen molar-refractivity contribution in [3.05, 3.63) is 59.7 Å². The number of ether oxygens (including phenoxy) is 1. The van der Waals surface area contributed by atoms with Crippen LogP contribution in [0.2, 0.25) is 0 Å². The molecule has 24 heavy (non-hydrogen) atoms. The summed E-state index contributed by atoms with van der Waals surface area (Å²) >= 11 is 0. The van der Waals surface area contributed by atoms with Crippen LogP contribution in [0, 0.1) is 0 Å². The maximum absolute atomic E-state index is 5.81. The second-order valence-electron chi connectivity index (χ2n) is 6.31. The molecule has 0 aromatic heterocycles. The van der Waals surface area contributed by atoms with Crippen molar-refractivity contribution in [1.82, 2.24) is 0 Å². The van der Waals surface area contributed by atoms with Crippen LogP contribution in [0.15, 0.2) is 48.5 Å². The quantitative estimate of drug-likeness (QED) is 0.496. The summed E-state index contributed by atoms with van der Waals surface area (Å²) in [6.45, 7) is 6.08. The zero-order valence-electron chi connectivity index (χ0n) is 15.2. The SMILES string of the molecule is CCCCCCCOc1ccc(CNc2ccc(CC)cc2)cc1. The molecule has 0 bridgehead atoms. The highest BCUT2D eigenvalue weighted by Gasteiger charge is 1.98. The van der Waals surface area contributed by atoms with Crippen LogP contribution in [-0.4, -0.2) is 6.61 Å². The highest BCUT2D eigenvalue weighted by molar-refractivity contribution is 5.45. The fourth-order valence-corrected chi connectivity index (χ4v) is 2.66. The predicted octanol–water partition coefficient (Wildman–Crippen LogP) is 6.21. The van der Waals surface area contributed by atoms with Crippen molar-refractivity contribution < 1.29 is 4.74 Å². The largest absolute Gasteiger partial charge is 0.494 e. The first kappa shape index (κ1) is 18.4. The summed E-state index contributed by atoms with van der Waals surface area (Å²) in [6, 6.07) is 17.1. The molecule has 0 atom stereocenters. The summed E-state index contributed by atoms with van der Waals surface area (Å²) in [4.78, 5) is 0. The van der Waals surface area contributed by atoms with Crippen molar-refractivity contribution in [2.75, 3.05) is 11.9 Å². The molecule has 0 heterocycles. The first-order valence-electron chi connectivity index (χ1n) is 9.36. The molecule has 0 radical (unpaired) electrons. The van der Waals surface area contributed by atoms with E-state index in [1.165, 1.54) is 42.5 Å². The first-order chi connectivity index (χ1) is 11.8. The molecule has 1 N–H and O–H groups in total. The number of unbranched alkanes of at least 4 members (excludes halogenated alkanes) is 4.